The van der Waals surface area contributed by atoms with E-state index in [4.69, 9.17) is 0 Å². The summed E-state index contributed by atoms with van der Waals surface area (Å²) < 4.78 is 66.5. The van der Waals surface area contributed by atoms with Crippen LogP contribution in [0.3, 0.4) is 0 Å². The van der Waals surface area contributed by atoms with E-state index in [9.17, 15) is 22.0 Å². The lowest BCUT2D eigenvalue weighted by Gasteiger charge is -2.16. The third kappa shape index (κ3) is 2.35. The molecule has 0 radical (unpaired) electrons. The first-order chi connectivity index (χ1) is 8.95. The van der Waals surface area contributed by atoms with Crippen molar-refractivity contribution in [1.82, 2.24) is 0 Å². The minimum Gasteiger partial charge on any atom is -0.203 e. The Morgan fingerprint density at radius 3 is 1.58 bits per heavy atom. The molecule has 0 spiro atoms. The van der Waals surface area contributed by atoms with Gasteiger partial charge in [0.1, 0.15) is 0 Å². The molecule has 100 valence electrons. The van der Waals surface area contributed by atoms with E-state index in [-0.39, 0.29) is 0 Å². The molecular weight excluding hydrogens is 282 g/mol. The van der Waals surface area contributed by atoms with Crippen LogP contribution < -0.4 is 10.6 Å². The summed E-state index contributed by atoms with van der Waals surface area (Å²) in [6.45, 7) is 1.45. The Kier molecular flexibility index (Phi) is 3.85. The van der Waals surface area contributed by atoms with Crippen molar-refractivity contribution in [2.24, 2.45) is 0 Å². The molecule has 0 fully saturated rings. The SMILES string of the molecule is CP(c1ccccc1)c1c(F)c(F)c(F)c(F)c1F. The van der Waals surface area contributed by atoms with Gasteiger partial charge < -0.3 is 0 Å². The third-order valence-electron chi connectivity index (χ3n) is 2.67. The van der Waals surface area contributed by atoms with Gasteiger partial charge in [0.25, 0.3) is 0 Å². The zero-order chi connectivity index (χ0) is 14.2. The Hall–Kier alpha value is -1.48. The summed E-state index contributed by atoms with van der Waals surface area (Å²) in [5.41, 5.74) is 0. The minimum atomic E-state index is -2.13. The van der Waals surface area contributed by atoms with Gasteiger partial charge in [-0.15, -0.1) is 0 Å². The van der Waals surface area contributed by atoms with Crippen molar-refractivity contribution in [3.8, 4) is 0 Å². The van der Waals surface area contributed by atoms with Crippen molar-refractivity contribution < 1.29 is 22.0 Å². The normalized spacial score (nSPS) is 12.5. The molecule has 6 heteroatoms. The maximum atomic E-state index is 13.6. The first-order valence-electron chi connectivity index (χ1n) is 5.25. The van der Waals surface area contributed by atoms with Crippen LogP contribution in [0.5, 0.6) is 0 Å². The standard InChI is InChI=1S/C13H8F5P/c1-19(7-5-3-2-4-6-7)13-11(17)9(15)8(14)10(16)12(13)18/h2-6H,1H3. The molecule has 0 N–H and O–H groups in total. The average Bonchev–Trinajstić information content (AvgIpc) is 2.44. The minimum absolute atomic E-state index is 0.528. The van der Waals surface area contributed by atoms with Gasteiger partial charge in [-0.05, 0) is 19.9 Å². The van der Waals surface area contributed by atoms with Gasteiger partial charge in [-0.1, -0.05) is 30.3 Å². The van der Waals surface area contributed by atoms with Gasteiger partial charge in [0, 0.05) is 0 Å². The molecule has 0 bridgehead atoms. The lowest BCUT2D eigenvalue weighted by molar-refractivity contribution is 0.384. The van der Waals surface area contributed by atoms with Gasteiger partial charge in [-0.25, -0.2) is 22.0 Å². The zero-order valence-corrected chi connectivity index (χ0v) is 10.6. The molecular formula is C13H8F5P. The van der Waals surface area contributed by atoms with Gasteiger partial charge >= 0.3 is 0 Å². The molecule has 0 aliphatic carbocycles. The number of hydrogen-bond donors (Lipinski definition) is 0. The molecule has 0 saturated carbocycles. The lowest BCUT2D eigenvalue weighted by Crippen LogP contribution is -2.22. The van der Waals surface area contributed by atoms with Crippen LogP contribution in [0.15, 0.2) is 30.3 Å². The highest BCUT2D eigenvalue weighted by atomic mass is 31.1. The predicted octanol–water partition coefficient (Wildman–Crippen LogP) is 3.44. The first-order valence-corrected chi connectivity index (χ1v) is 7.04. The summed E-state index contributed by atoms with van der Waals surface area (Å²) in [5, 5.41) is -0.224. The van der Waals surface area contributed by atoms with Gasteiger partial charge in [0.2, 0.25) is 5.82 Å². The average molecular weight is 290 g/mol. The fourth-order valence-electron chi connectivity index (χ4n) is 1.67. The summed E-state index contributed by atoms with van der Waals surface area (Å²) >= 11 is 0. The molecule has 0 saturated heterocycles. The van der Waals surface area contributed by atoms with Gasteiger partial charge in [-0.2, -0.15) is 0 Å². The van der Waals surface area contributed by atoms with Gasteiger partial charge in [0.05, 0.1) is 5.30 Å². The molecule has 2 rings (SSSR count). The number of hydrogen-bond acceptors (Lipinski definition) is 0. The third-order valence-corrected chi connectivity index (χ3v) is 4.80. The molecule has 0 amide bonds. The Labute approximate surface area is 107 Å². The molecule has 2 aromatic rings. The molecule has 1 unspecified atom stereocenters. The lowest BCUT2D eigenvalue weighted by atomic mass is 10.3. The quantitative estimate of drug-likeness (QED) is 0.344. The van der Waals surface area contributed by atoms with E-state index >= 15 is 0 Å². The highest BCUT2D eigenvalue weighted by molar-refractivity contribution is 7.72. The molecule has 19 heavy (non-hydrogen) atoms. The van der Waals surface area contributed by atoms with Crippen LogP contribution in [0.2, 0.25) is 0 Å². The summed E-state index contributed by atoms with van der Waals surface area (Å²) in [7, 11) is -1.65. The van der Waals surface area contributed by atoms with E-state index in [1.165, 1.54) is 6.66 Å². The highest BCUT2D eigenvalue weighted by Crippen LogP contribution is 2.33. The van der Waals surface area contributed by atoms with Gasteiger partial charge in [-0.3, -0.25) is 0 Å². The Morgan fingerprint density at radius 1 is 0.684 bits per heavy atom. The largest absolute Gasteiger partial charge is 0.203 e. The van der Waals surface area contributed by atoms with Crippen molar-refractivity contribution in [1.29, 1.82) is 0 Å². The van der Waals surface area contributed by atoms with Crippen LogP contribution in [0.1, 0.15) is 0 Å². The number of benzene rings is 2. The highest BCUT2D eigenvalue weighted by Gasteiger charge is 2.28. The Balaban J connectivity index is 2.64. The molecule has 1 atom stereocenters. The second-order valence-electron chi connectivity index (χ2n) is 3.81. The number of halogens is 5. The van der Waals surface area contributed by atoms with Crippen LogP contribution in [0, 0.1) is 29.1 Å². The van der Waals surface area contributed by atoms with E-state index in [0.29, 0.717) is 5.30 Å². The summed E-state index contributed by atoms with van der Waals surface area (Å²) in [6, 6.07) is 8.15. The van der Waals surface area contributed by atoms with E-state index in [1.54, 1.807) is 30.3 Å². The maximum absolute atomic E-state index is 13.6. The monoisotopic (exact) mass is 290 g/mol. The van der Waals surface area contributed by atoms with Crippen molar-refractivity contribution in [2.45, 2.75) is 0 Å². The van der Waals surface area contributed by atoms with Gasteiger partial charge in [0.15, 0.2) is 23.3 Å². The van der Waals surface area contributed by atoms with Crippen LogP contribution in [-0.2, 0) is 0 Å². The molecule has 0 heterocycles. The molecule has 0 aliphatic rings. The predicted molar refractivity (Wildman–Crippen MR) is 64.8 cm³/mol. The van der Waals surface area contributed by atoms with Crippen molar-refractivity contribution >= 4 is 18.5 Å². The van der Waals surface area contributed by atoms with E-state index in [0.717, 1.165) is 0 Å². The fraction of sp³-hybridized carbons (Fsp3) is 0.0769. The van der Waals surface area contributed by atoms with E-state index in [1.807, 2.05) is 0 Å². The van der Waals surface area contributed by atoms with Crippen LogP contribution in [-0.4, -0.2) is 6.66 Å². The van der Waals surface area contributed by atoms with E-state index < -0.39 is 42.3 Å². The number of rotatable bonds is 2. The van der Waals surface area contributed by atoms with Crippen LogP contribution >= 0.6 is 7.92 Å². The van der Waals surface area contributed by atoms with Crippen molar-refractivity contribution in [3.05, 3.63) is 59.4 Å². The summed E-state index contributed by atoms with van der Waals surface area (Å²) in [5.74, 6) is -9.45. The molecule has 0 aromatic heterocycles. The van der Waals surface area contributed by atoms with Crippen molar-refractivity contribution in [3.63, 3.8) is 0 Å². The summed E-state index contributed by atoms with van der Waals surface area (Å²) in [4.78, 5) is 0. The second kappa shape index (κ2) is 5.25. The fourth-order valence-corrected chi connectivity index (χ4v) is 3.33. The smallest absolute Gasteiger partial charge is 0.200 e. The topological polar surface area (TPSA) is 0 Å². The van der Waals surface area contributed by atoms with Crippen LogP contribution in [0.4, 0.5) is 22.0 Å². The zero-order valence-electron chi connectivity index (χ0n) is 9.72. The Bertz CT molecular complexity index is 583. The maximum Gasteiger partial charge on any atom is 0.200 e. The Morgan fingerprint density at radius 2 is 1.11 bits per heavy atom. The van der Waals surface area contributed by atoms with Crippen molar-refractivity contribution in [2.75, 3.05) is 6.66 Å². The molecule has 0 nitrogen and oxygen atoms in total. The first kappa shape index (κ1) is 13.9. The molecule has 0 aliphatic heterocycles. The molecule has 2 aromatic carbocycles. The summed E-state index contributed by atoms with van der Waals surface area (Å²) in [6.07, 6.45) is 0. The van der Waals surface area contributed by atoms with E-state index in [2.05, 4.69) is 0 Å². The second-order valence-corrected chi connectivity index (χ2v) is 5.89. The van der Waals surface area contributed by atoms with Crippen LogP contribution in [0.25, 0.3) is 0 Å².